The molecule has 1 atom stereocenters. The molecule has 73 valence electrons. The quantitative estimate of drug-likeness (QED) is 0.588. The molecule has 0 heterocycles. The van der Waals surface area contributed by atoms with Gasteiger partial charge in [-0.3, -0.25) is 0 Å². The second-order valence-electron chi connectivity index (χ2n) is 5.58. The van der Waals surface area contributed by atoms with Gasteiger partial charge in [0.25, 0.3) is 0 Å². The van der Waals surface area contributed by atoms with Crippen molar-refractivity contribution in [3.8, 4) is 0 Å². The van der Waals surface area contributed by atoms with Crippen molar-refractivity contribution in [3.63, 3.8) is 0 Å². The molecular formula is C12H25. The van der Waals surface area contributed by atoms with Crippen LogP contribution in [0.1, 0.15) is 54.4 Å². The fraction of sp³-hybridized carbons (Fsp3) is 0.917. The number of hydrogen-bond acceptors (Lipinski definition) is 0. The van der Waals surface area contributed by atoms with Gasteiger partial charge in [-0.05, 0) is 30.1 Å². The highest BCUT2D eigenvalue weighted by Crippen LogP contribution is 2.40. The smallest absolute Gasteiger partial charge is 0.0323 e. The maximum Gasteiger partial charge on any atom is -0.0323 e. The topological polar surface area (TPSA) is 0 Å². The van der Waals surface area contributed by atoms with E-state index in [-0.39, 0.29) is 0 Å². The summed E-state index contributed by atoms with van der Waals surface area (Å²) in [5.41, 5.74) is 0.842. The zero-order valence-corrected chi connectivity index (χ0v) is 9.70. The Morgan fingerprint density at radius 3 is 1.83 bits per heavy atom. The van der Waals surface area contributed by atoms with E-state index in [1.54, 1.807) is 0 Å². The normalized spacial score (nSPS) is 14.0. The molecule has 1 radical (unpaired) electrons. The first-order valence-electron chi connectivity index (χ1n) is 5.04. The lowest BCUT2D eigenvalue weighted by Crippen LogP contribution is -2.27. The van der Waals surface area contributed by atoms with Crippen molar-refractivity contribution in [1.29, 1.82) is 0 Å². The molecule has 0 aliphatic carbocycles. The van der Waals surface area contributed by atoms with Gasteiger partial charge in [-0.1, -0.05) is 48.0 Å². The van der Waals surface area contributed by atoms with Crippen LogP contribution in [0.15, 0.2) is 0 Å². The molecule has 0 aromatic rings. The van der Waals surface area contributed by atoms with Gasteiger partial charge >= 0.3 is 0 Å². The first-order chi connectivity index (χ1) is 5.21. The predicted molar refractivity (Wildman–Crippen MR) is 57.0 cm³/mol. The molecule has 0 aromatic heterocycles. The third-order valence-corrected chi connectivity index (χ3v) is 3.23. The lowest BCUT2D eigenvalue weighted by atomic mass is 9.68. The van der Waals surface area contributed by atoms with Gasteiger partial charge in [-0.25, -0.2) is 0 Å². The molecule has 0 aliphatic heterocycles. The van der Waals surface area contributed by atoms with E-state index in [0.717, 1.165) is 0 Å². The SMILES string of the molecule is [CH2]C(C)C(C)(C)CC(C)(C)CC. The Bertz CT molecular complexity index is 129. The van der Waals surface area contributed by atoms with Crippen LogP contribution in [0.2, 0.25) is 0 Å². The van der Waals surface area contributed by atoms with Crippen LogP contribution in [-0.2, 0) is 0 Å². The molecular weight excluding hydrogens is 144 g/mol. The highest BCUT2D eigenvalue weighted by Gasteiger charge is 2.29. The maximum atomic E-state index is 4.13. The highest BCUT2D eigenvalue weighted by molar-refractivity contribution is 4.83. The zero-order valence-electron chi connectivity index (χ0n) is 9.70. The van der Waals surface area contributed by atoms with Crippen LogP contribution in [0.3, 0.4) is 0 Å². The minimum atomic E-state index is 0.375. The second kappa shape index (κ2) is 3.81. The average molecular weight is 169 g/mol. The van der Waals surface area contributed by atoms with E-state index in [4.69, 9.17) is 0 Å². The monoisotopic (exact) mass is 169 g/mol. The molecule has 0 nitrogen and oxygen atoms in total. The van der Waals surface area contributed by atoms with Crippen LogP contribution in [0, 0.1) is 23.7 Å². The van der Waals surface area contributed by atoms with Gasteiger partial charge in [0.05, 0.1) is 0 Å². The van der Waals surface area contributed by atoms with E-state index in [0.29, 0.717) is 16.7 Å². The molecule has 12 heavy (non-hydrogen) atoms. The molecule has 0 heteroatoms. The largest absolute Gasteiger partial charge is 0.0649 e. The van der Waals surface area contributed by atoms with E-state index in [9.17, 15) is 0 Å². The first kappa shape index (κ1) is 12.0. The van der Waals surface area contributed by atoms with E-state index in [2.05, 4.69) is 48.5 Å². The molecule has 0 saturated heterocycles. The van der Waals surface area contributed by atoms with Crippen LogP contribution >= 0.6 is 0 Å². The summed E-state index contributed by atoms with van der Waals surface area (Å²) in [5.74, 6) is 0.531. The fourth-order valence-electron chi connectivity index (χ4n) is 1.53. The van der Waals surface area contributed by atoms with E-state index < -0.39 is 0 Å². The molecule has 0 aromatic carbocycles. The second-order valence-corrected chi connectivity index (χ2v) is 5.58. The Balaban J connectivity index is 4.23. The van der Waals surface area contributed by atoms with Gasteiger partial charge in [0.1, 0.15) is 0 Å². The Kier molecular flexibility index (Phi) is 3.81. The fourth-order valence-corrected chi connectivity index (χ4v) is 1.53. The lowest BCUT2D eigenvalue weighted by Gasteiger charge is -2.37. The summed E-state index contributed by atoms with van der Waals surface area (Å²) in [6.45, 7) is 17.9. The van der Waals surface area contributed by atoms with Gasteiger partial charge in [0.15, 0.2) is 0 Å². The molecule has 0 rings (SSSR count). The predicted octanol–water partition coefficient (Wildman–Crippen LogP) is 4.31. The average Bonchev–Trinajstić information content (AvgIpc) is 1.85. The van der Waals surface area contributed by atoms with Crippen LogP contribution in [0.4, 0.5) is 0 Å². The van der Waals surface area contributed by atoms with E-state index in [1.165, 1.54) is 12.8 Å². The van der Waals surface area contributed by atoms with Crippen molar-refractivity contribution in [2.75, 3.05) is 0 Å². The minimum Gasteiger partial charge on any atom is -0.0649 e. The summed E-state index contributed by atoms with van der Waals surface area (Å²) in [6.07, 6.45) is 2.52. The Morgan fingerprint density at radius 2 is 1.58 bits per heavy atom. The number of hydrogen-bond donors (Lipinski definition) is 0. The van der Waals surface area contributed by atoms with Crippen molar-refractivity contribution in [2.24, 2.45) is 16.7 Å². The molecule has 0 spiro atoms. The molecule has 0 amide bonds. The van der Waals surface area contributed by atoms with Crippen LogP contribution in [-0.4, -0.2) is 0 Å². The summed E-state index contributed by atoms with van der Waals surface area (Å²) in [6, 6.07) is 0. The minimum absolute atomic E-state index is 0.375. The molecule has 0 saturated carbocycles. The molecule has 1 unspecified atom stereocenters. The van der Waals surface area contributed by atoms with Crippen molar-refractivity contribution < 1.29 is 0 Å². The molecule has 0 aliphatic rings. The highest BCUT2D eigenvalue weighted by atomic mass is 14.3. The summed E-state index contributed by atoms with van der Waals surface area (Å²) < 4.78 is 0. The summed E-state index contributed by atoms with van der Waals surface area (Å²) in [7, 11) is 0. The van der Waals surface area contributed by atoms with Crippen molar-refractivity contribution in [3.05, 3.63) is 6.92 Å². The van der Waals surface area contributed by atoms with Crippen molar-refractivity contribution in [1.82, 2.24) is 0 Å². The van der Waals surface area contributed by atoms with Crippen LogP contribution in [0.5, 0.6) is 0 Å². The summed E-state index contributed by atoms with van der Waals surface area (Å²) in [4.78, 5) is 0. The summed E-state index contributed by atoms with van der Waals surface area (Å²) >= 11 is 0. The van der Waals surface area contributed by atoms with Gasteiger partial charge in [-0.15, -0.1) is 0 Å². The van der Waals surface area contributed by atoms with E-state index >= 15 is 0 Å². The zero-order chi connectivity index (χ0) is 9.99. The van der Waals surface area contributed by atoms with Crippen molar-refractivity contribution >= 4 is 0 Å². The third kappa shape index (κ3) is 3.60. The van der Waals surface area contributed by atoms with E-state index in [1.807, 2.05) is 0 Å². The maximum absolute atomic E-state index is 4.13. The van der Waals surface area contributed by atoms with Crippen LogP contribution < -0.4 is 0 Å². The molecule has 0 bridgehead atoms. The van der Waals surface area contributed by atoms with Crippen LogP contribution in [0.25, 0.3) is 0 Å². The van der Waals surface area contributed by atoms with Gasteiger partial charge in [0, 0.05) is 0 Å². The Morgan fingerprint density at radius 1 is 1.17 bits per heavy atom. The van der Waals surface area contributed by atoms with Crippen molar-refractivity contribution in [2.45, 2.75) is 54.4 Å². The van der Waals surface area contributed by atoms with Gasteiger partial charge in [-0.2, -0.15) is 0 Å². The van der Waals surface area contributed by atoms with Gasteiger partial charge in [0.2, 0.25) is 0 Å². The molecule has 0 N–H and O–H groups in total. The third-order valence-electron chi connectivity index (χ3n) is 3.23. The Labute approximate surface area is 78.8 Å². The summed E-state index contributed by atoms with van der Waals surface area (Å²) in [5, 5.41) is 0. The van der Waals surface area contributed by atoms with Gasteiger partial charge < -0.3 is 0 Å². The number of rotatable bonds is 4. The molecule has 0 fully saturated rings. The standard InChI is InChI=1S/C12H25/c1-8-11(4,5)9-12(6,7)10(2)3/h10H,2,8-9H2,1,3-7H3. The first-order valence-corrected chi connectivity index (χ1v) is 5.04. The Hall–Kier alpha value is 0. The lowest BCUT2D eigenvalue weighted by molar-refractivity contribution is 0.148.